The second kappa shape index (κ2) is 8.71. The van der Waals surface area contributed by atoms with E-state index in [4.69, 9.17) is 4.74 Å². The zero-order valence-corrected chi connectivity index (χ0v) is 16.5. The molecule has 0 unspecified atom stereocenters. The zero-order valence-electron chi connectivity index (χ0n) is 15.7. The Balaban J connectivity index is 1.66. The summed E-state index contributed by atoms with van der Waals surface area (Å²) in [5.74, 6) is 1.44. The Morgan fingerprint density at radius 3 is 2.07 bits per heavy atom. The summed E-state index contributed by atoms with van der Waals surface area (Å²) < 4.78 is 32.8. The number of nitrogens with zero attached hydrogens (tertiary/aromatic N) is 2. The van der Waals surface area contributed by atoms with Gasteiger partial charge < -0.3 is 10.1 Å². The number of aryl methyl sites for hydroxylation is 1. The molecule has 0 saturated heterocycles. The van der Waals surface area contributed by atoms with E-state index in [1.165, 1.54) is 0 Å². The summed E-state index contributed by atoms with van der Waals surface area (Å²) in [5.41, 5.74) is 1.89. The summed E-state index contributed by atoms with van der Waals surface area (Å²) in [6.07, 6.45) is 0.849. The Labute approximate surface area is 164 Å². The van der Waals surface area contributed by atoms with Crippen LogP contribution >= 0.6 is 0 Å². The number of benzene rings is 2. The lowest BCUT2D eigenvalue weighted by molar-refractivity contribution is 0.340. The van der Waals surface area contributed by atoms with Gasteiger partial charge in [0.05, 0.1) is 11.5 Å². The van der Waals surface area contributed by atoms with Gasteiger partial charge in [0.25, 0.3) is 10.0 Å². The minimum atomic E-state index is -3.71. The molecule has 3 aromatic rings. The number of hydrogen-bond donors (Lipinski definition) is 2. The van der Waals surface area contributed by atoms with Gasteiger partial charge >= 0.3 is 0 Å². The topological polar surface area (TPSA) is 93.2 Å². The lowest BCUT2D eigenvalue weighted by atomic mass is 10.2. The molecule has 28 heavy (non-hydrogen) atoms. The van der Waals surface area contributed by atoms with Crippen molar-refractivity contribution >= 4 is 27.3 Å². The van der Waals surface area contributed by atoms with Crippen LogP contribution in [-0.2, 0) is 16.4 Å². The molecule has 0 aliphatic carbocycles. The summed E-state index contributed by atoms with van der Waals surface area (Å²) in [7, 11) is -3.71. The molecular formula is C20H22N4O3S. The van der Waals surface area contributed by atoms with Crippen LogP contribution in [0.15, 0.2) is 65.6 Å². The molecule has 0 atom stereocenters. The van der Waals surface area contributed by atoms with Gasteiger partial charge in [0, 0.05) is 5.69 Å². The van der Waals surface area contributed by atoms with E-state index in [-0.39, 0.29) is 10.7 Å². The van der Waals surface area contributed by atoms with Gasteiger partial charge in [0.15, 0.2) is 11.6 Å². The summed E-state index contributed by atoms with van der Waals surface area (Å²) in [4.78, 5) is 0.183. The van der Waals surface area contributed by atoms with Gasteiger partial charge in [-0.2, -0.15) is 0 Å². The van der Waals surface area contributed by atoms with Gasteiger partial charge in [-0.05, 0) is 67.4 Å². The minimum absolute atomic E-state index is 0.150. The van der Waals surface area contributed by atoms with E-state index in [0.717, 1.165) is 23.4 Å². The van der Waals surface area contributed by atoms with Crippen LogP contribution in [0.2, 0.25) is 0 Å². The molecule has 0 spiro atoms. The van der Waals surface area contributed by atoms with Crippen LogP contribution in [0.3, 0.4) is 0 Å². The maximum Gasteiger partial charge on any atom is 0.263 e. The Bertz CT molecular complexity index is 1000. The second-order valence-corrected chi connectivity index (χ2v) is 7.67. The van der Waals surface area contributed by atoms with Crippen molar-refractivity contribution in [1.82, 2.24) is 10.2 Å². The first kappa shape index (κ1) is 19.6. The first-order valence-corrected chi connectivity index (χ1v) is 10.4. The fourth-order valence-electron chi connectivity index (χ4n) is 2.50. The third kappa shape index (κ3) is 4.98. The average Bonchev–Trinajstić information content (AvgIpc) is 2.71. The molecule has 0 saturated carbocycles. The largest absolute Gasteiger partial charge is 0.494 e. The molecule has 146 valence electrons. The molecule has 1 aromatic heterocycles. The van der Waals surface area contributed by atoms with Gasteiger partial charge in [-0.1, -0.05) is 19.1 Å². The van der Waals surface area contributed by atoms with E-state index in [0.29, 0.717) is 12.4 Å². The molecule has 0 amide bonds. The maximum atomic E-state index is 12.5. The van der Waals surface area contributed by atoms with Crippen molar-refractivity contribution < 1.29 is 13.2 Å². The Hall–Kier alpha value is -3.13. The first-order chi connectivity index (χ1) is 13.5. The van der Waals surface area contributed by atoms with Crippen molar-refractivity contribution in [2.24, 2.45) is 0 Å². The van der Waals surface area contributed by atoms with Crippen LogP contribution in [0, 0.1) is 0 Å². The lowest BCUT2D eigenvalue weighted by Gasteiger charge is -2.09. The molecular weight excluding hydrogens is 376 g/mol. The minimum Gasteiger partial charge on any atom is -0.494 e. The number of ether oxygens (including phenoxy) is 1. The van der Waals surface area contributed by atoms with Crippen molar-refractivity contribution in [2.45, 2.75) is 25.2 Å². The molecule has 2 aromatic carbocycles. The smallest absolute Gasteiger partial charge is 0.263 e. The molecule has 0 aliphatic rings. The van der Waals surface area contributed by atoms with Crippen molar-refractivity contribution in [3.8, 4) is 5.75 Å². The number of nitrogens with one attached hydrogen (secondary N) is 2. The highest BCUT2D eigenvalue weighted by molar-refractivity contribution is 7.92. The van der Waals surface area contributed by atoms with Gasteiger partial charge in [0.1, 0.15) is 5.75 Å². The molecule has 3 rings (SSSR count). The SMILES string of the molecule is CCOc1ccc(Nc2ccc(NS(=O)(=O)c3ccc(CC)cc3)nn2)cc1. The van der Waals surface area contributed by atoms with Crippen molar-refractivity contribution in [3.05, 3.63) is 66.2 Å². The maximum absolute atomic E-state index is 12.5. The van der Waals surface area contributed by atoms with Crippen LogP contribution in [0.4, 0.5) is 17.3 Å². The molecule has 0 fully saturated rings. The van der Waals surface area contributed by atoms with Crippen LogP contribution in [-0.4, -0.2) is 25.2 Å². The van der Waals surface area contributed by atoms with E-state index in [1.807, 2.05) is 38.1 Å². The predicted octanol–water partition coefficient (Wildman–Crippen LogP) is 3.98. The highest BCUT2D eigenvalue weighted by atomic mass is 32.2. The third-order valence-corrected chi connectivity index (χ3v) is 5.35. The predicted molar refractivity (Wildman–Crippen MR) is 110 cm³/mol. The Kier molecular flexibility index (Phi) is 6.10. The lowest BCUT2D eigenvalue weighted by Crippen LogP contribution is -2.14. The summed E-state index contributed by atoms with van der Waals surface area (Å²) >= 11 is 0. The quantitative estimate of drug-likeness (QED) is 0.596. The summed E-state index contributed by atoms with van der Waals surface area (Å²) in [5, 5.41) is 11.1. The molecule has 0 aliphatic heterocycles. The standard InChI is InChI=1S/C20H22N4O3S/c1-3-15-5-11-18(12-6-15)28(25,26)24-20-14-13-19(22-23-20)21-16-7-9-17(10-8-16)27-4-2/h5-14H,3-4H2,1-2H3,(H,21,22)(H,23,24). The van der Waals surface area contributed by atoms with E-state index in [9.17, 15) is 8.42 Å². The van der Waals surface area contributed by atoms with E-state index >= 15 is 0 Å². The van der Waals surface area contributed by atoms with Crippen LogP contribution < -0.4 is 14.8 Å². The third-order valence-electron chi connectivity index (χ3n) is 3.98. The van der Waals surface area contributed by atoms with Crippen LogP contribution in [0.5, 0.6) is 5.75 Å². The molecule has 1 heterocycles. The van der Waals surface area contributed by atoms with Gasteiger partial charge in [-0.15, -0.1) is 10.2 Å². The van der Waals surface area contributed by atoms with E-state index < -0.39 is 10.0 Å². The number of sulfonamides is 1. The highest BCUT2D eigenvalue weighted by Gasteiger charge is 2.15. The average molecular weight is 398 g/mol. The van der Waals surface area contributed by atoms with Crippen molar-refractivity contribution in [3.63, 3.8) is 0 Å². The van der Waals surface area contributed by atoms with E-state index in [1.54, 1.807) is 36.4 Å². The molecule has 8 heteroatoms. The van der Waals surface area contributed by atoms with Crippen LogP contribution in [0.1, 0.15) is 19.4 Å². The van der Waals surface area contributed by atoms with Gasteiger partial charge in [-0.3, -0.25) is 4.72 Å². The molecule has 0 bridgehead atoms. The molecule has 2 N–H and O–H groups in total. The normalized spacial score (nSPS) is 11.1. The second-order valence-electron chi connectivity index (χ2n) is 5.99. The zero-order chi connectivity index (χ0) is 20.0. The number of anilines is 3. The Morgan fingerprint density at radius 1 is 0.857 bits per heavy atom. The highest BCUT2D eigenvalue weighted by Crippen LogP contribution is 2.20. The van der Waals surface area contributed by atoms with Crippen LogP contribution in [0.25, 0.3) is 0 Å². The van der Waals surface area contributed by atoms with Gasteiger partial charge in [-0.25, -0.2) is 8.42 Å². The van der Waals surface area contributed by atoms with Crippen molar-refractivity contribution in [2.75, 3.05) is 16.6 Å². The fraction of sp³-hybridized carbons (Fsp3) is 0.200. The first-order valence-electron chi connectivity index (χ1n) is 8.95. The monoisotopic (exact) mass is 398 g/mol. The van der Waals surface area contributed by atoms with E-state index in [2.05, 4.69) is 20.2 Å². The Morgan fingerprint density at radius 2 is 1.50 bits per heavy atom. The van der Waals surface area contributed by atoms with Gasteiger partial charge in [0.2, 0.25) is 0 Å². The molecule has 0 radical (unpaired) electrons. The molecule has 7 nitrogen and oxygen atoms in total. The van der Waals surface area contributed by atoms with Crippen molar-refractivity contribution in [1.29, 1.82) is 0 Å². The summed E-state index contributed by atoms with van der Waals surface area (Å²) in [6, 6.07) is 17.4. The number of rotatable bonds is 8. The summed E-state index contributed by atoms with van der Waals surface area (Å²) in [6.45, 7) is 4.55. The number of aromatic nitrogens is 2. The number of hydrogen-bond acceptors (Lipinski definition) is 6. The fourth-order valence-corrected chi connectivity index (χ4v) is 3.50.